The van der Waals surface area contributed by atoms with Crippen LogP contribution in [0.3, 0.4) is 0 Å². The van der Waals surface area contributed by atoms with Crippen LogP contribution in [0.2, 0.25) is 0 Å². The lowest BCUT2D eigenvalue weighted by Crippen LogP contribution is -2.44. The zero-order valence-electron chi connectivity index (χ0n) is 18.3. The van der Waals surface area contributed by atoms with Crippen LogP contribution < -0.4 is 4.74 Å². The van der Waals surface area contributed by atoms with E-state index in [1.165, 1.54) is 0 Å². The van der Waals surface area contributed by atoms with Gasteiger partial charge in [0.2, 0.25) is 0 Å². The number of benzene rings is 2. The Morgan fingerprint density at radius 3 is 2.65 bits per heavy atom. The van der Waals surface area contributed by atoms with E-state index in [-0.39, 0.29) is 10.8 Å². The smallest absolute Gasteiger partial charge is 0.142 e. The minimum atomic E-state index is -0.0728. The summed E-state index contributed by atoms with van der Waals surface area (Å²) in [5.41, 5.74) is 4.63. The SMILES string of the molecule is CC1(COc2ccc3c(c2)ncn3-c2[c]cc(-c3cc(C(C)(C)C)on3)cc2)COC1. The van der Waals surface area contributed by atoms with Gasteiger partial charge in [0.1, 0.15) is 23.5 Å². The Morgan fingerprint density at radius 1 is 1.16 bits per heavy atom. The van der Waals surface area contributed by atoms with E-state index in [4.69, 9.17) is 14.0 Å². The summed E-state index contributed by atoms with van der Waals surface area (Å²) < 4.78 is 18.8. The van der Waals surface area contributed by atoms with Crippen molar-refractivity contribution >= 4 is 11.0 Å². The number of hydrogen-bond donors (Lipinski definition) is 0. The van der Waals surface area contributed by atoms with Gasteiger partial charge in [-0.15, -0.1) is 0 Å². The van der Waals surface area contributed by atoms with Crippen LogP contribution in [0, 0.1) is 11.5 Å². The number of fused-ring (bicyclic) bond motifs is 1. The first kappa shape index (κ1) is 19.8. The summed E-state index contributed by atoms with van der Waals surface area (Å²) in [6.45, 7) is 10.6. The molecule has 1 radical (unpaired) electrons. The first-order valence-corrected chi connectivity index (χ1v) is 10.5. The molecule has 6 heteroatoms. The van der Waals surface area contributed by atoms with E-state index < -0.39 is 0 Å². The van der Waals surface area contributed by atoms with E-state index in [1.807, 2.05) is 53.4 Å². The molecule has 0 amide bonds. The third-order valence-electron chi connectivity index (χ3n) is 5.61. The molecule has 1 aliphatic heterocycles. The van der Waals surface area contributed by atoms with E-state index in [0.717, 1.165) is 52.7 Å². The van der Waals surface area contributed by atoms with Crippen molar-refractivity contribution < 1.29 is 14.0 Å². The van der Waals surface area contributed by atoms with Crippen LogP contribution in [0.25, 0.3) is 28.0 Å². The third-order valence-corrected chi connectivity index (χ3v) is 5.61. The van der Waals surface area contributed by atoms with E-state index in [0.29, 0.717) is 6.61 Å². The van der Waals surface area contributed by atoms with Crippen molar-refractivity contribution in [1.29, 1.82) is 0 Å². The molecule has 0 bridgehead atoms. The van der Waals surface area contributed by atoms with Crippen molar-refractivity contribution in [2.24, 2.45) is 5.41 Å². The zero-order valence-corrected chi connectivity index (χ0v) is 18.3. The van der Waals surface area contributed by atoms with Gasteiger partial charge < -0.3 is 14.0 Å². The summed E-state index contributed by atoms with van der Waals surface area (Å²) in [7, 11) is 0. The minimum absolute atomic E-state index is 0.0728. The van der Waals surface area contributed by atoms with Crippen molar-refractivity contribution in [3.05, 3.63) is 60.6 Å². The molecule has 159 valence electrons. The number of aromatic nitrogens is 3. The highest BCUT2D eigenvalue weighted by Gasteiger charge is 2.34. The lowest BCUT2D eigenvalue weighted by molar-refractivity contribution is -0.120. The molecule has 6 nitrogen and oxygen atoms in total. The first-order valence-electron chi connectivity index (χ1n) is 10.5. The lowest BCUT2D eigenvalue weighted by Gasteiger charge is -2.37. The molecular weight excluding hydrogens is 390 g/mol. The molecule has 31 heavy (non-hydrogen) atoms. The number of nitrogens with zero attached hydrogens (tertiary/aromatic N) is 3. The Bertz CT molecular complexity index is 1210. The largest absolute Gasteiger partial charge is 0.493 e. The van der Waals surface area contributed by atoms with Gasteiger partial charge in [-0.05, 0) is 24.3 Å². The van der Waals surface area contributed by atoms with E-state index in [9.17, 15) is 0 Å². The predicted molar refractivity (Wildman–Crippen MR) is 119 cm³/mol. The molecule has 5 rings (SSSR count). The number of rotatable bonds is 5. The van der Waals surface area contributed by atoms with E-state index >= 15 is 0 Å². The van der Waals surface area contributed by atoms with Crippen LogP contribution in [0.4, 0.5) is 0 Å². The molecule has 2 aromatic heterocycles. The summed E-state index contributed by atoms with van der Waals surface area (Å²) in [6, 6.07) is 17.3. The summed E-state index contributed by atoms with van der Waals surface area (Å²) in [5.74, 6) is 1.69. The van der Waals surface area contributed by atoms with Gasteiger partial charge in [0, 0.05) is 34.6 Å². The molecular formula is C25H26N3O3. The zero-order chi connectivity index (χ0) is 21.6. The molecule has 4 aromatic rings. The highest BCUT2D eigenvalue weighted by Crippen LogP contribution is 2.30. The Labute approximate surface area is 181 Å². The van der Waals surface area contributed by atoms with Crippen LogP contribution in [0.1, 0.15) is 33.5 Å². The molecule has 0 spiro atoms. The van der Waals surface area contributed by atoms with Gasteiger partial charge in [-0.2, -0.15) is 0 Å². The Kier molecular flexibility index (Phi) is 4.63. The third kappa shape index (κ3) is 3.83. The monoisotopic (exact) mass is 416 g/mol. The first-order chi connectivity index (χ1) is 14.8. The van der Waals surface area contributed by atoms with Gasteiger partial charge in [0.15, 0.2) is 0 Å². The van der Waals surface area contributed by atoms with Crippen molar-refractivity contribution in [1.82, 2.24) is 14.7 Å². The van der Waals surface area contributed by atoms with Gasteiger partial charge in [0.05, 0.1) is 36.5 Å². The number of hydrogen-bond acceptors (Lipinski definition) is 5. The topological polar surface area (TPSA) is 62.3 Å². The fourth-order valence-electron chi connectivity index (χ4n) is 3.56. The molecule has 0 aliphatic carbocycles. The second-order valence-corrected chi connectivity index (χ2v) is 9.65. The fourth-order valence-corrected chi connectivity index (χ4v) is 3.56. The van der Waals surface area contributed by atoms with Gasteiger partial charge in [-0.1, -0.05) is 38.9 Å². The van der Waals surface area contributed by atoms with Gasteiger partial charge in [-0.3, -0.25) is 4.57 Å². The van der Waals surface area contributed by atoms with E-state index in [1.54, 1.807) is 0 Å². The molecule has 1 aliphatic rings. The Hall–Kier alpha value is -3.12. The molecule has 3 heterocycles. The summed E-state index contributed by atoms with van der Waals surface area (Å²) >= 11 is 0. The van der Waals surface area contributed by atoms with Gasteiger partial charge in [0.25, 0.3) is 0 Å². The number of imidazole rings is 1. The maximum atomic E-state index is 5.97. The normalized spacial score (nSPS) is 15.7. The standard InChI is InChI=1S/C25H26N3O3/c1-24(2,3)23-12-20(27-31-23)17-5-7-18(8-6-17)28-16-26-21-11-19(9-10-22(21)28)30-15-25(4)13-29-14-25/h5-7,9-12,16H,13-15H2,1-4H3. The lowest BCUT2D eigenvalue weighted by atomic mass is 9.90. The Morgan fingerprint density at radius 2 is 2.00 bits per heavy atom. The second kappa shape index (κ2) is 7.24. The van der Waals surface area contributed by atoms with Crippen LogP contribution in [-0.4, -0.2) is 34.5 Å². The van der Waals surface area contributed by atoms with Crippen molar-refractivity contribution in [2.75, 3.05) is 19.8 Å². The Balaban J connectivity index is 1.36. The van der Waals surface area contributed by atoms with Crippen LogP contribution >= 0.6 is 0 Å². The summed E-state index contributed by atoms with van der Waals surface area (Å²) in [4.78, 5) is 4.56. The average molecular weight is 417 g/mol. The maximum absolute atomic E-state index is 5.97. The van der Waals surface area contributed by atoms with Crippen LogP contribution in [0.5, 0.6) is 5.75 Å². The molecule has 0 unspecified atom stereocenters. The van der Waals surface area contributed by atoms with Crippen LogP contribution in [-0.2, 0) is 10.2 Å². The highest BCUT2D eigenvalue weighted by atomic mass is 16.5. The van der Waals surface area contributed by atoms with E-state index in [2.05, 4.69) is 43.9 Å². The maximum Gasteiger partial charge on any atom is 0.142 e. The quantitative estimate of drug-likeness (QED) is 0.448. The van der Waals surface area contributed by atoms with Crippen molar-refractivity contribution in [3.8, 4) is 22.7 Å². The molecule has 2 aromatic carbocycles. The molecule has 0 saturated carbocycles. The summed E-state index contributed by atoms with van der Waals surface area (Å²) in [6.07, 6.45) is 1.81. The van der Waals surface area contributed by atoms with Crippen molar-refractivity contribution in [3.63, 3.8) is 0 Å². The van der Waals surface area contributed by atoms with Crippen LogP contribution in [0.15, 0.2) is 53.3 Å². The minimum Gasteiger partial charge on any atom is -0.493 e. The van der Waals surface area contributed by atoms with Crippen molar-refractivity contribution in [2.45, 2.75) is 33.1 Å². The second-order valence-electron chi connectivity index (χ2n) is 9.65. The molecule has 0 N–H and O–H groups in total. The summed E-state index contributed by atoms with van der Waals surface area (Å²) in [5, 5.41) is 4.21. The fraction of sp³-hybridized carbons (Fsp3) is 0.360. The highest BCUT2D eigenvalue weighted by molar-refractivity contribution is 5.79. The van der Waals surface area contributed by atoms with Gasteiger partial charge >= 0.3 is 0 Å². The molecule has 0 atom stereocenters. The molecule has 1 fully saturated rings. The predicted octanol–water partition coefficient (Wildman–Crippen LogP) is 5.19. The molecule has 1 saturated heterocycles. The average Bonchev–Trinajstić information content (AvgIpc) is 3.38. The van der Waals surface area contributed by atoms with Gasteiger partial charge in [-0.25, -0.2) is 4.98 Å². The number of ether oxygens (including phenoxy) is 2.